The zero-order valence-electron chi connectivity index (χ0n) is 10.6. The molecule has 0 aliphatic rings. The van der Waals surface area contributed by atoms with E-state index in [0.29, 0.717) is 19.4 Å². The molecule has 3 N–H and O–H groups in total. The van der Waals surface area contributed by atoms with Gasteiger partial charge in [0.05, 0.1) is 5.92 Å². The summed E-state index contributed by atoms with van der Waals surface area (Å²) < 4.78 is 27.5. The molecule has 0 rings (SSSR count). The van der Waals surface area contributed by atoms with Crippen LogP contribution < -0.4 is 9.44 Å². The Labute approximate surface area is 103 Å². The van der Waals surface area contributed by atoms with E-state index in [1.54, 1.807) is 0 Å². The second kappa shape index (κ2) is 7.62. The van der Waals surface area contributed by atoms with Crippen molar-refractivity contribution in [2.24, 2.45) is 11.8 Å². The van der Waals surface area contributed by atoms with E-state index in [4.69, 9.17) is 5.11 Å². The third-order valence-electron chi connectivity index (χ3n) is 2.19. The van der Waals surface area contributed by atoms with Gasteiger partial charge in [0, 0.05) is 13.1 Å². The lowest BCUT2D eigenvalue weighted by atomic mass is 10.1. The quantitative estimate of drug-likeness (QED) is 0.568. The van der Waals surface area contributed by atoms with Crippen LogP contribution in [0.25, 0.3) is 0 Å². The van der Waals surface area contributed by atoms with Gasteiger partial charge < -0.3 is 5.11 Å². The molecule has 1 unspecified atom stereocenters. The predicted molar refractivity (Wildman–Crippen MR) is 65.8 cm³/mol. The van der Waals surface area contributed by atoms with Crippen molar-refractivity contribution in [1.82, 2.24) is 9.44 Å². The van der Waals surface area contributed by atoms with Crippen LogP contribution >= 0.6 is 0 Å². The van der Waals surface area contributed by atoms with Gasteiger partial charge in [-0.2, -0.15) is 8.42 Å². The predicted octanol–water partition coefficient (Wildman–Crippen LogP) is 0.567. The number of carboxylic acids is 1. The lowest BCUT2D eigenvalue weighted by molar-refractivity contribution is -0.141. The average Bonchev–Trinajstić information content (AvgIpc) is 2.21. The smallest absolute Gasteiger partial charge is 0.307 e. The van der Waals surface area contributed by atoms with E-state index >= 15 is 0 Å². The summed E-state index contributed by atoms with van der Waals surface area (Å²) in [7, 11) is -3.59. The molecule has 1 atom stereocenters. The van der Waals surface area contributed by atoms with Gasteiger partial charge in [0.1, 0.15) is 0 Å². The first-order valence-electron chi connectivity index (χ1n) is 5.75. The molecule has 102 valence electrons. The number of rotatable bonds is 9. The summed E-state index contributed by atoms with van der Waals surface area (Å²) in [6.07, 6.45) is 1.17. The van der Waals surface area contributed by atoms with Crippen LogP contribution in [0.3, 0.4) is 0 Å². The van der Waals surface area contributed by atoms with Crippen LogP contribution in [-0.2, 0) is 15.0 Å². The normalized spacial score (nSPS) is 13.9. The van der Waals surface area contributed by atoms with Gasteiger partial charge >= 0.3 is 5.97 Å². The Hall–Kier alpha value is -0.660. The Morgan fingerprint density at radius 2 is 1.76 bits per heavy atom. The second-order valence-electron chi connectivity index (χ2n) is 4.42. The molecule has 7 heteroatoms. The van der Waals surface area contributed by atoms with E-state index in [2.05, 4.69) is 9.44 Å². The summed E-state index contributed by atoms with van der Waals surface area (Å²) in [6, 6.07) is 0. The number of hydrogen-bond donors (Lipinski definition) is 3. The first-order valence-corrected chi connectivity index (χ1v) is 7.23. The van der Waals surface area contributed by atoms with E-state index < -0.39 is 22.1 Å². The molecule has 0 aliphatic carbocycles. The summed E-state index contributed by atoms with van der Waals surface area (Å²) in [4.78, 5) is 10.8. The molecule has 0 aromatic heterocycles. The van der Waals surface area contributed by atoms with Crippen LogP contribution in [0.4, 0.5) is 0 Å². The number of carboxylic acid groups (broad SMARTS) is 1. The van der Waals surface area contributed by atoms with E-state index in [9.17, 15) is 13.2 Å². The fourth-order valence-corrected chi connectivity index (χ4v) is 2.27. The van der Waals surface area contributed by atoms with Crippen LogP contribution in [0.5, 0.6) is 0 Å². The minimum atomic E-state index is -3.59. The Morgan fingerprint density at radius 1 is 1.24 bits per heavy atom. The van der Waals surface area contributed by atoms with Gasteiger partial charge in [0.2, 0.25) is 0 Å². The molecule has 0 heterocycles. The largest absolute Gasteiger partial charge is 0.481 e. The fourth-order valence-electron chi connectivity index (χ4n) is 1.20. The summed E-state index contributed by atoms with van der Waals surface area (Å²) in [6.45, 7) is 5.90. The average molecular weight is 266 g/mol. The van der Waals surface area contributed by atoms with Gasteiger partial charge in [-0.25, -0.2) is 9.44 Å². The SMILES string of the molecule is CCCC(CNS(=O)(=O)NCC(C)C)C(=O)O. The summed E-state index contributed by atoms with van der Waals surface area (Å²) in [5.41, 5.74) is 0. The minimum absolute atomic E-state index is 0.0728. The molecule has 0 bridgehead atoms. The maximum Gasteiger partial charge on any atom is 0.307 e. The second-order valence-corrected chi connectivity index (χ2v) is 6.00. The van der Waals surface area contributed by atoms with Gasteiger partial charge in [0.15, 0.2) is 0 Å². The topological polar surface area (TPSA) is 95.5 Å². The number of aliphatic carboxylic acids is 1. The highest BCUT2D eigenvalue weighted by molar-refractivity contribution is 7.87. The standard InChI is InChI=1S/C10H22N2O4S/c1-4-5-9(10(13)14)7-12-17(15,16)11-6-8(2)3/h8-9,11-12H,4-7H2,1-3H3,(H,13,14). The number of carbonyl (C=O) groups is 1. The molecule has 0 amide bonds. The molecule has 6 nitrogen and oxygen atoms in total. The molecular weight excluding hydrogens is 244 g/mol. The van der Waals surface area contributed by atoms with Crippen LogP contribution in [0.2, 0.25) is 0 Å². The van der Waals surface area contributed by atoms with Gasteiger partial charge in [-0.1, -0.05) is 27.2 Å². The first-order chi connectivity index (χ1) is 7.78. The van der Waals surface area contributed by atoms with Crippen molar-refractivity contribution in [3.63, 3.8) is 0 Å². The monoisotopic (exact) mass is 266 g/mol. The van der Waals surface area contributed by atoms with Crippen molar-refractivity contribution in [3.05, 3.63) is 0 Å². The zero-order chi connectivity index (χ0) is 13.5. The molecular formula is C10H22N2O4S. The van der Waals surface area contributed by atoms with Crippen LogP contribution in [0.1, 0.15) is 33.6 Å². The molecule has 0 radical (unpaired) electrons. The first kappa shape index (κ1) is 16.3. The van der Waals surface area contributed by atoms with Gasteiger partial charge in [0.25, 0.3) is 10.2 Å². The molecule has 17 heavy (non-hydrogen) atoms. The lowest BCUT2D eigenvalue weighted by Crippen LogP contribution is -2.41. The summed E-state index contributed by atoms with van der Waals surface area (Å²) >= 11 is 0. The fraction of sp³-hybridized carbons (Fsp3) is 0.900. The van der Waals surface area contributed by atoms with E-state index in [-0.39, 0.29) is 12.5 Å². The van der Waals surface area contributed by atoms with Crippen molar-refractivity contribution in [2.75, 3.05) is 13.1 Å². The zero-order valence-corrected chi connectivity index (χ0v) is 11.4. The summed E-state index contributed by atoms with van der Waals surface area (Å²) in [5.74, 6) is -1.44. The highest BCUT2D eigenvalue weighted by Gasteiger charge is 2.19. The summed E-state index contributed by atoms with van der Waals surface area (Å²) in [5, 5.41) is 8.86. The Morgan fingerprint density at radius 3 is 2.18 bits per heavy atom. The van der Waals surface area contributed by atoms with Crippen molar-refractivity contribution in [2.45, 2.75) is 33.6 Å². The minimum Gasteiger partial charge on any atom is -0.481 e. The van der Waals surface area contributed by atoms with Crippen LogP contribution in [-0.4, -0.2) is 32.6 Å². The third-order valence-corrected chi connectivity index (χ3v) is 3.28. The molecule has 0 aromatic carbocycles. The number of nitrogens with one attached hydrogen (secondary N) is 2. The van der Waals surface area contributed by atoms with Crippen molar-refractivity contribution < 1.29 is 18.3 Å². The highest BCUT2D eigenvalue weighted by Crippen LogP contribution is 2.05. The molecule has 0 aliphatic heterocycles. The molecule has 0 saturated carbocycles. The van der Waals surface area contributed by atoms with Crippen molar-refractivity contribution in [3.8, 4) is 0 Å². The Balaban J connectivity index is 4.18. The third kappa shape index (κ3) is 8.12. The highest BCUT2D eigenvalue weighted by atomic mass is 32.2. The van der Waals surface area contributed by atoms with E-state index in [1.807, 2.05) is 20.8 Å². The Bertz CT molecular complexity index is 327. The van der Waals surface area contributed by atoms with E-state index in [1.165, 1.54) is 0 Å². The molecule has 0 spiro atoms. The number of hydrogen-bond acceptors (Lipinski definition) is 3. The van der Waals surface area contributed by atoms with Gasteiger partial charge in [-0.3, -0.25) is 4.79 Å². The maximum atomic E-state index is 11.5. The molecule has 0 fully saturated rings. The maximum absolute atomic E-state index is 11.5. The Kier molecular flexibility index (Phi) is 7.33. The molecule has 0 saturated heterocycles. The van der Waals surface area contributed by atoms with Crippen LogP contribution in [0.15, 0.2) is 0 Å². The van der Waals surface area contributed by atoms with E-state index in [0.717, 1.165) is 0 Å². The lowest BCUT2D eigenvalue weighted by Gasteiger charge is -2.14. The van der Waals surface area contributed by atoms with Crippen molar-refractivity contribution >= 4 is 16.2 Å². The molecule has 0 aromatic rings. The van der Waals surface area contributed by atoms with Crippen LogP contribution in [0, 0.1) is 11.8 Å². The van der Waals surface area contributed by atoms with Gasteiger partial charge in [-0.05, 0) is 12.3 Å². The van der Waals surface area contributed by atoms with Gasteiger partial charge in [-0.15, -0.1) is 0 Å². The van der Waals surface area contributed by atoms with Crippen molar-refractivity contribution in [1.29, 1.82) is 0 Å².